The van der Waals surface area contributed by atoms with E-state index in [1.165, 1.54) is 12.4 Å². The van der Waals surface area contributed by atoms with Gasteiger partial charge in [-0.2, -0.15) is 5.10 Å². The van der Waals surface area contributed by atoms with Crippen molar-refractivity contribution < 1.29 is 9.50 Å². The molecule has 1 unspecified atom stereocenters. The Morgan fingerprint density at radius 3 is 2.75 bits per heavy atom. The lowest BCUT2D eigenvalue weighted by atomic mass is 9.88. The standard InChI is InChI=1S/C21H18FN5O/c22-17-3-1-2-12-4-7-14(10-16(12)17)27-21-18(20(23)24-11-25-21)19(26-27)13-5-8-15(28)9-6-13/h1-3,5-6,8-9,11,14,28H,4,7,10H2,(H2,23,24,25). The van der Waals surface area contributed by atoms with Crippen molar-refractivity contribution in [1.29, 1.82) is 0 Å². The van der Waals surface area contributed by atoms with Crippen molar-refractivity contribution in [3.63, 3.8) is 0 Å². The van der Waals surface area contributed by atoms with Crippen LogP contribution in [0.4, 0.5) is 10.2 Å². The number of aromatic hydroxyl groups is 1. The maximum absolute atomic E-state index is 14.3. The molecule has 1 aliphatic rings. The quantitative estimate of drug-likeness (QED) is 0.558. The summed E-state index contributed by atoms with van der Waals surface area (Å²) in [6.07, 6.45) is 3.60. The van der Waals surface area contributed by atoms with E-state index in [0.29, 0.717) is 29.0 Å². The van der Waals surface area contributed by atoms with Crippen LogP contribution in [0.3, 0.4) is 0 Å². The zero-order valence-corrected chi connectivity index (χ0v) is 15.0. The number of nitrogens with zero attached hydrogens (tertiary/aromatic N) is 4. The first-order chi connectivity index (χ1) is 13.6. The van der Waals surface area contributed by atoms with Crippen molar-refractivity contribution in [2.45, 2.75) is 25.3 Å². The van der Waals surface area contributed by atoms with Crippen LogP contribution in [0.25, 0.3) is 22.3 Å². The molecule has 7 heteroatoms. The molecule has 0 saturated heterocycles. The van der Waals surface area contributed by atoms with Crippen molar-refractivity contribution in [2.75, 3.05) is 5.73 Å². The molecule has 2 aromatic heterocycles. The summed E-state index contributed by atoms with van der Waals surface area (Å²) >= 11 is 0. The first kappa shape index (κ1) is 16.7. The highest BCUT2D eigenvalue weighted by Crippen LogP contribution is 2.36. The van der Waals surface area contributed by atoms with Gasteiger partial charge in [-0.05, 0) is 60.7 Å². The van der Waals surface area contributed by atoms with Crippen LogP contribution in [0.5, 0.6) is 5.75 Å². The number of phenols is 1. The van der Waals surface area contributed by atoms with Crippen molar-refractivity contribution in [3.8, 4) is 17.0 Å². The normalized spacial score (nSPS) is 16.2. The van der Waals surface area contributed by atoms with E-state index < -0.39 is 0 Å². The van der Waals surface area contributed by atoms with Gasteiger partial charge in [-0.15, -0.1) is 0 Å². The Hall–Kier alpha value is -3.48. The largest absolute Gasteiger partial charge is 0.508 e. The minimum atomic E-state index is -0.174. The average Bonchev–Trinajstić information content (AvgIpc) is 3.10. The number of nitrogens with two attached hydrogens (primary N) is 1. The second-order valence-electron chi connectivity index (χ2n) is 7.07. The van der Waals surface area contributed by atoms with E-state index >= 15 is 0 Å². The smallest absolute Gasteiger partial charge is 0.164 e. The second-order valence-corrected chi connectivity index (χ2v) is 7.07. The molecule has 140 valence electrons. The molecule has 2 heterocycles. The molecule has 0 amide bonds. The number of hydrogen-bond donors (Lipinski definition) is 2. The van der Waals surface area contributed by atoms with E-state index in [0.717, 1.165) is 29.5 Å². The minimum absolute atomic E-state index is 0.0212. The molecule has 0 bridgehead atoms. The third-order valence-electron chi connectivity index (χ3n) is 5.41. The molecular formula is C21H18FN5O. The zero-order valence-electron chi connectivity index (χ0n) is 15.0. The SMILES string of the molecule is Nc1ncnc2c1c(-c1ccc(O)cc1)nn2C1CCc2cccc(F)c2C1. The van der Waals surface area contributed by atoms with E-state index in [2.05, 4.69) is 9.97 Å². The van der Waals surface area contributed by atoms with Crippen molar-refractivity contribution in [1.82, 2.24) is 19.7 Å². The molecule has 1 aliphatic carbocycles. The van der Waals surface area contributed by atoms with Crippen LogP contribution in [-0.4, -0.2) is 24.9 Å². The third kappa shape index (κ3) is 2.58. The molecule has 1 atom stereocenters. The first-order valence-electron chi connectivity index (χ1n) is 9.16. The molecule has 0 saturated carbocycles. The van der Waals surface area contributed by atoms with E-state index in [1.54, 1.807) is 30.3 Å². The lowest BCUT2D eigenvalue weighted by Gasteiger charge is -2.25. The Kier molecular flexibility index (Phi) is 3.75. The number of rotatable bonds is 2. The molecule has 5 rings (SSSR count). The summed E-state index contributed by atoms with van der Waals surface area (Å²) in [5, 5.41) is 15.1. The summed E-state index contributed by atoms with van der Waals surface area (Å²) < 4.78 is 16.2. The van der Waals surface area contributed by atoms with Gasteiger partial charge in [0.25, 0.3) is 0 Å². The molecule has 0 aliphatic heterocycles. The van der Waals surface area contributed by atoms with E-state index in [9.17, 15) is 9.50 Å². The number of halogens is 1. The lowest BCUT2D eigenvalue weighted by Crippen LogP contribution is -2.21. The number of anilines is 1. The summed E-state index contributed by atoms with van der Waals surface area (Å²) in [4.78, 5) is 8.55. The Morgan fingerprint density at radius 1 is 1.11 bits per heavy atom. The van der Waals surface area contributed by atoms with Crippen LogP contribution in [-0.2, 0) is 12.8 Å². The molecule has 4 aromatic rings. The minimum Gasteiger partial charge on any atom is -0.508 e. The van der Waals surface area contributed by atoms with Crippen molar-refractivity contribution in [3.05, 3.63) is 65.7 Å². The zero-order chi connectivity index (χ0) is 19.3. The fourth-order valence-corrected chi connectivity index (χ4v) is 4.01. The Bertz CT molecular complexity index is 1190. The molecule has 28 heavy (non-hydrogen) atoms. The fraction of sp³-hybridized carbons (Fsp3) is 0.190. The Morgan fingerprint density at radius 2 is 1.93 bits per heavy atom. The van der Waals surface area contributed by atoms with Gasteiger partial charge in [0.2, 0.25) is 0 Å². The summed E-state index contributed by atoms with van der Waals surface area (Å²) in [5.74, 6) is 0.351. The number of benzene rings is 2. The van der Waals surface area contributed by atoms with Gasteiger partial charge < -0.3 is 10.8 Å². The van der Waals surface area contributed by atoms with Gasteiger partial charge in [0.05, 0.1) is 11.4 Å². The van der Waals surface area contributed by atoms with Gasteiger partial charge in [0.1, 0.15) is 29.4 Å². The van der Waals surface area contributed by atoms with Crippen LogP contribution in [0, 0.1) is 5.82 Å². The summed E-state index contributed by atoms with van der Waals surface area (Å²) in [5.41, 5.74) is 10.1. The molecule has 0 fully saturated rings. The Labute approximate surface area is 160 Å². The predicted molar refractivity (Wildman–Crippen MR) is 104 cm³/mol. The van der Waals surface area contributed by atoms with Gasteiger partial charge in [-0.25, -0.2) is 19.0 Å². The van der Waals surface area contributed by atoms with Gasteiger partial charge in [0.15, 0.2) is 5.65 Å². The molecule has 2 aromatic carbocycles. The molecule has 6 nitrogen and oxygen atoms in total. The highest BCUT2D eigenvalue weighted by atomic mass is 19.1. The topological polar surface area (TPSA) is 89.8 Å². The van der Waals surface area contributed by atoms with Crippen LogP contribution in [0.15, 0.2) is 48.8 Å². The molecule has 0 spiro atoms. The van der Waals surface area contributed by atoms with Crippen LogP contribution in [0.2, 0.25) is 0 Å². The number of nitrogen functional groups attached to an aromatic ring is 1. The van der Waals surface area contributed by atoms with Gasteiger partial charge in [0, 0.05) is 5.56 Å². The molecule has 0 radical (unpaired) electrons. The summed E-state index contributed by atoms with van der Waals surface area (Å²) in [6.45, 7) is 0. The van der Waals surface area contributed by atoms with Gasteiger partial charge in [-0.3, -0.25) is 0 Å². The Balaban J connectivity index is 1.66. The lowest BCUT2D eigenvalue weighted by molar-refractivity contribution is 0.405. The summed E-state index contributed by atoms with van der Waals surface area (Å²) in [7, 11) is 0. The van der Waals surface area contributed by atoms with E-state index in [1.807, 2.05) is 10.7 Å². The number of fused-ring (bicyclic) bond motifs is 2. The maximum atomic E-state index is 14.3. The number of phenolic OH excluding ortho intramolecular Hbond substituents is 1. The number of hydrogen-bond acceptors (Lipinski definition) is 5. The van der Waals surface area contributed by atoms with Gasteiger partial charge in [-0.1, -0.05) is 12.1 Å². The summed E-state index contributed by atoms with van der Waals surface area (Å²) in [6, 6.07) is 12.0. The average molecular weight is 375 g/mol. The van der Waals surface area contributed by atoms with Gasteiger partial charge >= 0.3 is 0 Å². The highest BCUT2D eigenvalue weighted by Gasteiger charge is 2.27. The van der Waals surface area contributed by atoms with Crippen LogP contribution < -0.4 is 5.73 Å². The highest BCUT2D eigenvalue weighted by molar-refractivity contribution is 5.98. The fourth-order valence-electron chi connectivity index (χ4n) is 4.01. The van der Waals surface area contributed by atoms with Crippen molar-refractivity contribution >= 4 is 16.9 Å². The van der Waals surface area contributed by atoms with Crippen LogP contribution in [0.1, 0.15) is 23.6 Å². The number of aryl methyl sites for hydroxylation is 1. The predicted octanol–water partition coefficient (Wildman–Crippen LogP) is 3.65. The third-order valence-corrected chi connectivity index (χ3v) is 5.41. The van der Waals surface area contributed by atoms with Crippen LogP contribution >= 0.6 is 0 Å². The molecule has 3 N–H and O–H groups in total. The molecular weight excluding hydrogens is 357 g/mol. The first-order valence-corrected chi connectivity index (χ1v) is 9.16. The second kappa shape index (κ2) is 6.30. The van der Waals surface area contributed by atoms with E-state index in [-0.39, 0.29) is 17.6 Å². The monoisotopic (exact) mass is 375 g/mol. The van der Waals surface area contributed by atoms with Crippen molar-refractivity contribution in [2.24, 2.45) is 0 Å². The maximum Gasteiger partial charge on any atom is 0.164 e. The number of aromatic nitrogens is 4. The van der Waals surface area contributed by atoms with E-state index in [4.69, 9.17) is 10.8 Å².